The van der Waals surface area contributed by atoms with E-state index in [4.69, 9.17) is 5.11 Å². The Morgan fingerprint density at radius 2 is 2.19 bits per heavy atom. The van der Waals surface area contributed by atoms with E-state index in [0.717, 1.165) is 8.66 Å². The van der Waals surface area contributed by atoms with E-state index < -0.39 is 21.7 Å². The highest BCUT2D eigenvalue weighted by molar-refractivity contribution is 9.11. The number of halogens is 1. The molecule has 8 heteroatoms. The van der Waals surface area contributed by atoms with Crippen LogP contribution in [-0.4, -0.2) is 25.2 Å². The molecule has 2 N–H and O–H groups in total. The van der Waals surface area contributed by atoms with Gasteiger partial charge in [0.15, 0.2) is 0 Å². The van der Waals surface area contributed by atoms with Gasteiger partial charge in [-0.15, -0.1) is 11.3 Å². The SMILES string of the molecule is O=C(O)CCS(=O)(=O)NCc1ccc(Br)s1. The van der Waals surface area contributed by atoms with Crippen molar-refractivity contribution < 1.29 is 18.3 Å². The Labute approximate surface area is 106 Å². The minimum absolute atomic E-state index is 0.193. The normalized spacial score (nSPS) is 11.6. The van der Waals surface area contributed by atoms with Crippen LogP contribution in [0.1, 0.15) is 11.3 Å². The van der Waals surface area contributed by atoms with Crippen molar-refractivity contribution >= 4 is 43.3 Å². The molecule has 0 aliphatic rings. The highest BCUT2D eigenvalue weighted by atomic mass is 79.9. The average Bonchev–Trinajstić information content (AvgIpc) is 2.59. The lowest BCUT2D eigenvalue weighted by molar-refractivity contribution is -0.136. The number of hydrogen-bond donors (Lipinski definition) is 2. The number of aliphatic carboxylic acids is 1. The number of carbonyl (C=O) groups is 1. The molecule has 5 nitrogen and oxygen atoms in total. The number of carboxylic acids is 1. The summed E-state index contributed by atoms with van der Waals surface area (Å²) in [6.07, 6.45) is -0.385. The van der Waals surface area contributed by atoms with Crippen molar-refractivity contribution in [3.63, 3.8) is 0 Å². The fraction of sp³-hybridized carbons (Fsp3) is 0.375. The van der Waals surface area contributed by atoms with Gasteiger partial charge in [0.05, 0.1) is 16.0 Å². The maximum atomic E-state index is 11.3. The van der Waals surface area contributed by atoms with Crippen molar-refractivity contribution in [1.82, 2.24) is 4.72 Å². The van der Waals surface area contributed by atoms with Crippen LogP contribution in [-0.2, 0) is 21.4 Å². The molecule has 0 bridgehead atoms. The lowest BCUT2D eigenvalue weighted by atomic mass is 10.5. The van der Waals surface area contributed by atoms with Crippen molar-refractivity contribution in [3.8, 4) is 0 Å². The molecule has 0 atom stereocenters. The van der Waals surface area contributed by atoms with Gasteiger partial charge in [-0.25, -0.2) is 13.1 Å². The van der Waals surface area contributed by atoms with Gasteiger partial charge in [0.25, 0.3) is 0 Å². The van der Waals surface area contributed by atoms with Crippen LogP contribution in [0.5, 0.6) is 0 Å². The van der Waals surface area contributed by atoms with Crippen LogP contribution in [0.3, 0.4) is 0 Å². The second-order valence-electron chi connectivity index (χ2n) is 2.99. The van der Waals surface area contributed by atoms with Crippen LogP contribution in [0.15, 0.2) is 15.9 Å². The average molecular weight is 328 g/mol. The number of hydrogen-bond acceptors (Lipinski definition) is 4. The lowest BCUT2D eigenvalue weighted by Crippen LogP contribution is -2.26. The van der Waals surface area contributed by atoms with E-state index in [9.17, 15) is 13.2 Å². The van der Waals surface area contributed by atoms with Crippen molar-refractivity contribution in [2.75, 3.05) is 5.75 Å². The fourth-order valence-electron chi connectivity index (χ4n) is 0.922. The van der Waals surface area contributed by atoms with Gasteiger partial charge in [0, 0.05) is 11.4 Å². The summed E-state index contributed by atoms with van der Waals surface area (Å²) < 4.78 is 25.9. The molecule has 0 aliphatic carbocycles. The maximum Gasteiger partial charge on any atom is 0.304 e. The second-order valence-corrected chi connectivity index (χ2v) is 7.46. The molecular formula is C8H10BrNO4S2. The first-order valence-corrected chi connectivity index (χ1v) is 7.58. The van der Waals surface area contributed by atoms with Gasteiger partial charge in [0.1, 0.15) is 0 Å². The predicted molar refractivity (Wildman–Crippen MR) is 64.9 cm³/mol. The Kier molecular flexibility index (Phi) is 4.90. The summed E-state index contributed by atoms with van der Waals surface area (Å²) in [6, 6.07) is 3.63. The predicted octanol–water partition coefficient (Wildman–Crippen LogP) is 1.40. The van der Waals surface area contributed by atoms with E-state index in [0.29, 0.717) is 0 Å². The monoisotopic (exact) mass is 327 g/mol. The summed E-state index contributed by atoms with van der Waals surface area (Å²) >= 11 is 4.69. The molecule has 90 valence electrons. The van der Waals surface area contributed by atoms with Crippen LogP contribution in [0.25, 0.3) is 0 Å². The molecular weight excluding hydrogens is 318 g/mol. The molecule has 0 fully saturated rings. The Balaban J connectivity index is 2.45. The fourth-order valence-corrected chi connectivity index (χ4v) is 3.40. The highest BCUT2D eigenvalue weighted by Crippen LogP contribution is 2.21. The lowest BCUT2D eigenvalue weighted by Gasteiger charge is -2.03. The summed E-state index contributed by atoms with van der Waals surface area (Å²) in [4.78, 5) is 11.1. The number of thiophene rings is 1. The first-order chi connectivity index (χ1) is 7.39. The Bertz CT molecular complexity index is 468. The van der Waals surface area contributed by atoms with Gasteiger partial charge < -0.3 is 5.11 Å². The largest absolute Gasteiger partial charge is 0.481 e. The molecule has 0 saturated heterocycles. The van der Waals surface area contributed by atoms with Gasteiger partial charge in [0.2, 0.25) is 10.0 Å². The standard InChI is InChI=1S/C8H10BrNO4S2/c9-7-2-1-6(15-7)5-10-16(13,14)4-3-8(11)12/h1-2,10H,3-5H2,(H,11,12). The Hall–Kier alpha value is -0.440. The van der Waals surface area contributed by atoms with E-state index in [2.05, 4.69) is 20.7 Å². The Morgan fingerprint density at radius 1 is 1.50 bits per heavy atom. The second kappa shape index (κ2) is 5.76. The summed E-state index contributed by atoms with van der Waals surface area (Å²) in [5.74, 6) is -1.52. The summed E-state index contributed by atoms with van der Waals surface area (Å²) in [6.45, 7) is 0.193. The third-order valence-corrected chi connectivity index (χ3v) is 4.63. The zero-order chi connectivity index (χ0) is 12.2. The molecule has 0 radical (unpaired) electrons. The van der Waals surface area contributed by atoms with Crippen molar-refractivity contribution in [3.05, 3.63) is 20.8 Å². The van der Waals surface area contributed by atoms with E-state index >= 15 is 0 Å². The quantitative estimate of drug-likeness (QED) is 0.827. The number of rotatable bonds is 6. The number of sulfonamides is 1. The first kappa shape index (κ1) is 13.6. The number of carboxylic acid groups (broad SMARTS) is 1. The van der Waals surface area contributed by atoms with E-state index in [1.807, 2.05) is 6.07 Å². The molecule has 1 aromatic heterocycles. The van der Waals surface area contributed by atoms with Crippen molar-refractivity contribution in [2.24, 2.45) is 0 Å². The minimum Gasteiger partial charge on any atom is -0.481 e. The van der Waals surface area contributed by atoms with Crippen molar-refractivity contribution in [2.45, 2.75) is 13.0 Å². The molecule has 0 spiro atoms. The van der Waals surface area contributed by atoms with Gasteiger partial charge in [-0.05, 0) is 28.1 Å². The molecule has 0 aromatic carbocycles. The van der Waals surface area contributed by atoms with Crippen LogP contribution >= 0.6 is 27.3 Å². The van der Waals surface area contributed by atoms with Crippen LogP contribution in [0.4, 0.5) is 0 Å². The summed E-state index contributed by atoms with van der Waals surface area (Å²) in [5, 5.41) is 8.37. The van der Waals surface area contributed by atoms with E-state index in [1.54, 1.807) is 6.07 Å². The molecule has 1 aromatic rings. The molecule has 0 aliphatic heterocycles. The summed E-state index contributed by atoms with van der Waals surface area (Å²) in [5.41, 5.74) is 0. The molecule has 0 amide bonds. The van der Waals surface area contributed by atoms with Crippen LogP contribution < -0.4 is 4.72 Å². The third kappa shape index (κ3) is 5.06. The van der Waals surface area contributed by atoms with Crippen LogP contribution in [0, 0.1) is 0 Å². The molecule has 0 unspecified atom stereocenters. The molecule has 1 rings (SSSR count). The maximum absolute atomic E-state index is 11.3. The first-order valence-electron chi connectivity index (χ1n) is 4.32. The van der Waals surface area contributed by atoms with Gasteiger partial charge in [-0.3, -0.25) is 4.79 Å². The zero-order valence-electron chi connectivity index (χ0n) is 8.14. The van der Waals surface area contributed by atoms with Gasteiger partial charge in [-0.1, -0.05) is 0 Å². The minimum atomic E-state index is -3.51. The highest BCUT2D eigenvalue weighted by Gasteiger charge is 2.12. The zero-order valence-corrected chi connectivity index (χ0v) is 11.4. The smallest absolute Gasteiger partial charge is 0.304 e. The van der Waals surface area contributed by atoms with E-state index in [1.165, 1.54) is 11.3 Å². The molecule has 0 saturated carbocycles. The van der Waals surface area contributed by atoms with E-state index in [-0.39, 0.29) is 13.0 Å². The van der Waals surface area contributed by atoms with Gasteiger partial charge in [-0.2, -0.15) is 0 Å². The third-order valence-electron chi connectivity index (χ3n) is 1.68. The topological polar surface area (TPSA) is 83.5 Å². The van der Waals surface area contributed by atoms with Crippen molar-refractivity contribution in [1.29, 1.82) is 0 Å². The summed E-state index contributed by atoms with van der Waals surface area (Å²) in [7, 11) is -3.51. The Morgan fingerprint density at radius 3 is 2.69 bits per heavy atom. The molecule has 1 heterocycles. The van der Waals surface area contributed by atoms with Crippen LogP contribution in [0.2, 0.25) is 0 Å². The molecule has 16 heavy (non-hydrogen) atoms. The number of nitrogens with one attached hydrogen (secondary N) is 1. The van der Waals surface area contributed by atoms with Gasteiger partial charge >= 0.3 is 5.97 Å².